The van der Waals surface area contributed by atoms with E-state index in [0.29, 0.717) is 18.0 Å². The number of hydrogen-bond acceptors (Lipinski definition) is 4. The number of piperidine rings is 1. The number of quaternary nitrogens is 1. The lowest BCUT2D eigenvalue weighted by Crippen LogP contribution is -3.14. The first-order chi connectivity index (χ1) is 13.9. The molecule has 7 heteroatoms. The molecule has 6 nitrogen and oxygen atoms in total. The third-order valence-electron chi connectivity index (χ3n) is 5.42. The number of hydrogen-bond donors (Lipinski definition) is 2. The highest BCUT2D eigenvalue weighted by Crippen LogP contribution is 2.32. The molecule has 158 valence electrons. The summed E-state index contributed by atoms with van der Waals surface area (Å²) in [6, 6.07) is 13.8. The third kappa shape index (κ3) is 5.29. The molecule has 0 spiro atoms. The number of rotatable bonds is 8. The minimum absolute atomic E-state index is 0.0138. The number of likely N-dealkylation sites (tertiary alicyclic amines) is 1. The summed E-state index contributed by atoms with van der Waals surface area (Å²) in [6.07, 6.45) is 2.77. The molecule has 0 radical (unpaired) electrons. The van der Waals surface area contributed by atoms with E-state index in [9.17, 15) is 13.5 Å². The standard InChI is InChI=1S/C22H30N2O4S/c1-18-10-12-20(13-11-18)29(26,27)24(21-8-4-5-9-22(21)28-2)17-19(25)16-23-14-6-3-7-15-23/h4-5,8-13,19,25H,3,6-7,14-17H2,1-2H3/p+1/t19-/m0/s1. The maximum Gasteiger partial charge on any atom is 0.264 e. The van der Waals surface area contributed by atoms with Crippen molar-refractivity contribution in [2.24, 2.45) is 0 Å². The lowest BCUT2D eigenvalue weighted by molar-refractivity contribution is -0.907. The molecule has 3 rings (SSSR count). The Morgan fingerprint density at radius 2 is 1.72 bits per heavy atom. The second-order valence-electron chi connectivity index (χ2n) is 7.69. The molecular weight excluding hydrogens is 388 g/mol. The van der Waals surface area contributed by atoms with Gasteiger partial charge in [0.25, 0.3) is 10.0 Å². The number of ether oxygens (including phenoxy) is 1. The highest BCUT2D eigenvalue weighted by atomic mass is 32.2. The number of aryl methyl sites for hydroxylation is 1. The Balaban J connectivity index is 1.92. The molecule has 1 aliphatic heterocycles. The zero-order chi connectivity index (χ0) is 20.9. The number of aliphatic hydroxyl groups excluding tert-OH is 1. The molecule has 2 aromatic rings. The number of nitrogens with one attached hydrogen (secondary N) is 1. The van der Waals surface area contributed by atoms with Gasteiger partial charge < -0.3 is 14.7 Å². The Morgan fingerprint density at radius 3 is 2.38 bits per heavy atom. The fraction of sp³-hybridized carbons (Fsp3) is 0.455. The summed E-state index contributed by atoms with van der Waals surface area (Å²) in [6.45, 7) is 4.49. The smallest absolute Gasteiger partial charge is 0.264 e. The Hall–Kier alpha value is -2.09. The van der Waals surface area contributed by atoms with Crippen LogP contribution in [0.15, 0.2) is 53.4 Å². The van der Waals surface area contributed by atoms with Crippen LogP contribution in [0, 0.1) is 6.92 Å². The van der Waals surface area contributed by atoms with E-state index in [-0.39, 0.29) is 11.4 Å². The lowest BCUT2D eigenvalue weighted by Gasteiger charge is -2.30. The second kappa shape index (κ2) is 9.61. The Bertz CT molecular complexity index is 893. The van der Waals surface area contributed by atoms with Crippen LogP contribution in [-0.2, 0) is 10.0 Å². The van der Waals surface area contributed by atoms with Crippen LogP contribution >= 0.6 is 0 Å². The SMILES string of the molecule is COc1ccccc1N(C[C@@H](O)C[NH+]1CCCCC1)S(=O)(=O)c1ccc(C)cc1. The van der Waals surface area contributed by atoms with Crippen molar-refractivity contribution in [3.8, 4) is 5.75 Å². The quantitative estimate of drug-likeness (QED) is 0.682. The zero-order valence-corrected chi connectivity index (χ0v) is 18.0. The van der Waals surface area contributed by atoms with E-state index in [2.05, 4.69) is 0 Å². The number of benzene rings is 2. The van der Waals surface area contributed by atoms with E-state index >= 15 is 0 Å². The molecule has 29 heavy (non-hydrogen) atoms. The normalized spacial score (nSPS) is 16.4. The molecule has 0 bridgehead atoms. The summed E-state index contributed by atoms with van der Waals surface area (Å²) in [4.78, 5) is 1.53. The minimum atomic E-state index is -3.86. The minimum Gasteiger partial charge on any atom is -0.495 e. The van der Waals surface area contributed by atoms with Gasteiger partial charge >= 0.3 is 0 Å². The van der Waals surface area contributed by atoms with Gasteiger partial charge in [-0.25, -0.2) is 8.42 Å². The van der Waals surface area contributed by atoms with Crippen LogP contribution < -0.4 is 13.9 Å². The summed E-state index contributed by atoms with van der Waals surface area (Å²) in [5.74, 6) is 0.459. The molecule has 0 amide bonds. The first-order valence-corrected chi connectivity index (χ1v) is 11.6. The number of anilines is 1. The fourth-order valence-corrected chi connectivity index (χ4v) is 5.36. The van der Waals surface area contributed by atoms with Gasteiger partial charge in [-0.2, -0.15) is 0 Å². The maximum absolute atomic E-state index is 13.5. The molecule has 0 unspecified atom stereocenters. The van der Waals surface area contributed by atoms with E-state index in [1.165, 1.54) is 22.7 Å². The number of sulfonamides is 1. The summed E-state index contributed by atoms with van der Waals surface area (Å²) < 4.78 is 33.7. The monoisotopic (exact) mass is 419 g/mol. The van der Waals surface area contributed by atoms with E-state index < -0.39 is 16.1 Å². The van der Waals surface area contributed by atoms with Crippen LogP contribution in [-0.4, -0.2) is 52.9 Å². The van der Waals surface area contributed by atoms with Crippen molar-refractivity contribution < 1.29 is 23.2 Å². The molecule has 1 fully saturated rings. The zero-order valence-electron chi connectivity index (χ0n) is 17.2. The fourth-order valence-electron chi connectivity index (χ4n) is 3.84. The third-order valence-corrected chi connectivity index (χ3v) is 7.22. The average molecular weight is 420 g/mol. The Labute approximate surface area is 173 Å². The van der Waals surface area contributed by atoms with Gasteiger partial charge in [0, 0.05) is 0 Å². The lowest BCUT2D eigenvalue weighted by atomic mass is 10.1. The van der Waals surface area contributed by atoms with Crippen molar-refractivity contribution in [3.63, 3.8) is 0 Å². The molecule has 1 aliphatic rings. The van der Waals surface area contributed by atoms with Gasteiger partial charge in [0.2, 0.25) is 0 Å². The van der Waals surface area contributed by atoms with Crippen molar-refractivity contribution >= 4 is 15.7 Å². The topological polar surface area (TPSA) is 71.3 Å². The van der Waals surface area contributed by atoms with Crippen LogP contribution in [0.4, 0.5) is 5.69 Å². The highest BCUT2D eigenvalue weighted by Gasteiger charge is 2.30. The van der Waals surface area contributed by atoms with Gasteiger partial charge in [-0.1, -0.05) is 29.8 Å². The highest BCUT2D eigenvalue weighted by molar-refractivity contribution is 7.92. The summed E-state index contributed by atoms with van der Waals surface area (Å²) >= 11 is 0. The van der Waals surface area contributed by atoms with Crippen LogP contribution in [0.1, 0.15) is 24.8 Å². The number of aliphatic hydroxyl groups is 1. The van der Waals surface area contributed by atoms with E-state index in [4.69, 9.17) is 4.74 Å². The van der Waals surface area contributed by atoms with Gasteiger partial charge in [0.1, 0.15) is 18.4 Å². The van der Waals surface area contributed by atoms with E-state index in [1.54, 1.807) is 48.5 Å². The second-order valence-corrected chi connectivity index (χ2v) is 9.55. The number of methoxy groups -OCH3 is 1. The number of para-hydroxylation sites is 2. The Morgan fingerprint density at radius 1 is 1.07 bits per heavy atom. The first kappa shape index (κ1) is 21.6. The van der Waals surface area contributed by atoms with Gasteiger partial charge in [0.15, 0.2) is 0 Å². The Kier molecular flexibility index (Phi) is 7.16. The molecule has 2 aromatic carbocycles. The van der Waals surface area contributed by atoms with Crippen molar-refractivity contribution in [2.45, 2.75) is 37.2 Å². The molecule has 0 aliphatic carbocycles. The number of nitrogens with zero attached hydrogens (tertiary/aromatic N) is 1. The predicted octanol–water partition coefficient (Wildman–Crippen LogP) is 1.63. The van der Waals surface area contributed by atoms with Crippen molar-refractivity contribution in [3.05, 3.63) is 54.1 Å². The first-order valence-electron chi connectivity index (χ1n) is 10.2. The molecule has 1 heterocycles. The van der Waals surface area contributed by atoms with Gasteiger partial charge in [-0.3, -0.25) is 4.31 Å². The summed E-state index contributed by atoms with van der Waals surface area (Å²) in [5, 5.41) is 10.8. The van der Waals surface area contributed by atoms with Crippen LogP contribution in [0.5, 0.6) is 5.75 Å². The molecule has 2 N–H and O–H groups in total. The van der Waals surface area contributed by atoms with E-state index in [0.717, 1.165) is 31.5 Å². The molecule has 1 atom stereocenters. The molecule has 0 saturated carbocycles. The summed E-state index contributed by atoms with van der Waals surface area (Å²) in [7, 11) is -2.34. The largest absolute Gasteiger partial charge is 0.495 e. The van der Waals surface area contributed by atoms with Crippen LogP contribution in [0.25, 0.3) is 0 Å². The average Bonchev–Trinajstić information content (AvgIpc) is 2.73. The predicted molar refractivity (Wildman–Crippen MR) is 114 cm³/mol. The molecule has 0 aromatic heterocycles. The van der Waals surface area contributed by atoms with Crippen LogP contribution in [0.2, 0.25) is 0 Å². The van der Waals surface area contributed by atoms with Gasteiger partial charge in [-0.05, 0) is 50.5 Å². The molecule has 1 saturated heterocycles. The van der Waals surface area contributed by atoms with E-state index in [1.807, 2.05) is 6.92 Å². The van der Waals surface area contributed by atoms with Crippen molar-refractivity contribution in [1.82, 2.24) is 0 Å². The maximum atomic E-state index is 13.5. The molecular formula is C22H31N2O4S+. The van der Waals surface area contributed by atoms with Crippen molar-refractivity contribution in [2.75, 3.05) is 37.6 Å². The summed E-state index contributed by atoms with van der Waals surface area (Å²) in [5.41, 5.74) is 1.42. The van der Waals surface area contributed by atoms with Crippen molar-refractivity contribution in [1.29, 1.82) is 0 Å². The van der Waals surface area contributed by atoms with Gasteiger partial charge in [0.05, 0.1) is 37.3 Å². The van der Waals surface area contributed by atoms with Gasteiger partial charge in [-0.15, -0.1) is 0 Å². The van der Waals surface area contributed by atoms with Crippen LogP contribution in [0.3, 0.4) is 0 Å².